The minimum Gasteiger partial charge on any atom is -0.310 e. The summed E-state index contributed by atoms with van der Waals surface area (Å²) >= 11 is 7.92. The number of hydrogen-bond donors (Lipinski definition) is 1. The number of thiophene rings is 1. The predicted molar refractivity (Wildman–Crippen MR) is 69.2 cm³/mol. The van der Waals surface area contributed by atoms with Gasteiger partial charge in [-0.2, -0.15) is 0 Å². The molecule has 3 heterocycles. The molecule has 4 heteroatoms. The summed E-state index contributed by atoms with van der Waals surface area (Å²) in [4.78, 5) is 3.87. The average Bonchev–Trinajstić information content (AvgIpc) is 2.78. The second-order valence-electron chi connectivity index (χ2n) is 4.85. The van der Waals surface area contributed by atoms with E-state index in [1.165, 1.54) is 37.2 Å². The molecule has 88 valence electrons. The van der Waals surface area contributed by atoms with Crippen LogP contribution >= 0.6 is 22.9 Å². The van der Waals surface area contributed by atoms with Crippen LogP contribution in [0.2, 0.25) is 5.02 Å². The van der Waals surface area contributed by atoms with Crippen LogP contribution in [0, 0.1) is 0 Å². The van der Waals surface area contributed by atoms with Crippen LogP contribution < -0.4 is 5.32 Å². The fraction of sp³-hybridized carbons (Fsp3) is 0.667. The summed E-state index contributed by atoms with van der Waals surface area (Å²) in [6.45, 7) is 3.43. The van der Waals surface area contributed by atoms with Crippen LogP contribution in [0.15, 0.2) is 11.4 Å². The van der Waals surface area contributed by atoms with Gasteiger partial charge in [-0.15, -0.1) is 11.3 Å². The van der Waals surface area contributed by atoms with Gasteiger partial charge < -0.3 is 5.32 Å². The van der Waals surface area contributed by atoms with Crippen LogP contribution in [0.1, 0.15) is 24.1 Å². The van der Waals surface area contributed by atoms with E-state index in [4.69, 9.17) is 11.6 Å². The van der Waals surface area contributed by atoms with Crippen molar-refractivity contribution in [2.45, 2.75) is 37.9 Å². The highest BCUT2D eigenvalue weighted by atomic mass is 35.5. The molecule has 2 fully saturated rings. The van der Waals surface area contributed by atoms with Crippen LogP contribution in [0.25, 0.3) is 0 Å². The first-order chi connectivity index (χ1) is 7.81. The zero-order valence-corrected chi connectivity index (χ0v) is 10.9. The van der Waals surface area contributed by atoms with Crippen LogP contribution in [-0.2, 0) is 6.54 Å². The third-order valence-electron chi connectivity index (χ3n) is 3.67. The van der Waals surface area contributed by atoms with E-state index >= 15 is 0 Å². The minimum absolute atomic E-state index is 0.714. The van der Waals surface area contributed by atoms with Gasteiger partial charge in [-0.1, -0.05) is 11.6 Å². The molecule has 2 atom stereocenters. The fourth-order valence-corrected chi connectivity index (χ4v) is 3.94. The van der Waals surface area contributed by atoms with Crippen molar-refractivity contribution >= 4 is 22.9 Å². The van der Waals surface area contributed by atoms with Gasteiger partial charge >= 0.3 is 0 Å². The van der Waals surface area contributed by atoms with Gasteiger partial charge in [0, 0.05) is 36.6 Å². The number of rotatable bonds is 2. The molecular weight excluding hydrogens is 240 g/mol. The Morgan fingerprint density at radius 2 is 2.25 bits per heavy atom. The summed E-state index contributed by atoms with van der Waals surface area (Å²) in [5.74, 6) is 0. The summed E-state index contributed by atoms with van der Waals surface area (Å²) in [6, 6.07) is 3.49. The van der Waals surface area contributed by atoms with Crippen molar-refractivity contribution in [2.75, 3.05) is 13.1 Å². The number of nitrogens with zero attached hydrogens (tertiary/aromatic N) is 1. The lowest BCUT2D eigenvalue weighted by atomic mass is 10.1. The maximum absolute atomic E-state index is 6.15. The molecule has 1 aromatic heterocycles. The van der Waals surface area contributed by atoms with E-state index in [-0.39, 0.29) is 0 Å². The number of hydrogen-bond acceptors (Lipinski definition) is 3. The van der Waals surface area contributed by atoms with Crippen LogP contribution in [0.5, 0.6) is 0 Å². The summed E-state index contributed by atoms with van der Waals surface area (Å²) in [5, 5.41) is 6.73. The van der Waals surface area contributed by atoms with Crippen LogP contribution in [0.3, 0.4) is 0 Å². The predicted octanol–water partition coefficient (Wildman–Crippen LogP) is 2.73. The van der Waals surface area contributed by atoms with Gasteiger partial charge in [-0.25, -0.2) is 0 Å². The van der Waals surface area contributed by atoms with Gasteiger partial charge in [0.2, 0.25) is 0 Å². The molecular formula is C12H17ClN2S. The molecule has 0 aromatic carbocycles. The largest absolute Gasteiger partial charge is 0.310 e. The van der Waals surface area contributed by atoms with E-state index in [9.17, 15) is 0 Å². The van der Waals surface area contributed by atoms with Crippen molar-refractivity contribution in [3.8, 4) is 0 Å². The summed E-state index contributed by atoms with van der Waals surface area (Å²) in [7, 11) is 0. The first kappa shape index (κ1) is 11.0. The normalized spacial score (nSPS) is 30.6. The molecule has 0 amide bonds. The topological polar surface area (TPSA) is 15.3 Å². The number of nitrogens with one attached hydrogen (secondary N) is 1. The molecule has 2 aliphatic rings. The van der Waals surface area contributed by atoms with E-state index in [2.05, 4.69) is 15.6 Å². The Hall–Kier alpha value is -0.0900. The molecule has 2 unspecified atom stereocenters. The molecule has 0 radical (unpaired) electrons. The number of fused-ring (bicyclic) bond motifs is 2. The minimum atomic E-state index is 0.714. The zero-order chi connectivity index (χ0) is 11.0. The molecule has 1 aromatic rings. The molecule has 2 bridgehead atoms. The Morgan fingerprint density at radius 1 is 1.38 bits per heavy atom. The van der Waals surface area contributed by atoms with Gasteiger partial charge in [-0.05, 0) is 30.7 Å². The highest BCUT2D eigenvalue weighted by Crippen LogP contribution is 2.26. The second-order valence-corrected chi connectivity index (χ2v) is 6.26. The highest BCUT2D eigenvalue weighted by molar-refractivity contribution is 7.10. The monoisotopic (exact) mass is 256 g/mol. The molecule has 0 spiro atoms. The van der Waals surface area contributed by atoms with Crippen molar-refractivity contribution in [3.63, 3.8) is 0 Å². The third kappa shape index (κ3) is 2.28. The quantitative estimate of drug-likeness (QED) is 0.875. The number of halogens is 1. The summed E-state index contributed by atoms with van der Waals surface area (Å²) in [6.07, 6.45) is 4.01. The van der Waals surface area contributed by atoms with Crippen molar-refractivity contribution in [2.24, 2.45) is 0 Å². The Balaban J connectivity index is 1.65. The van der Waals surface area contributed by atoms with Gasteiger partial charge in [0.1, 0.15) is 0 Å². The van der Waals surface area contributed by atoms with Crippen molar-refractivity contribution in [1.82, 2.24) is 10.2 Å². The molecule has 2 nitrogen and oxygen atoms in total. The summed E-state index contributed by atoms with van der Waals surface area (Å²) < 4.78 is 0. The maximum Gasteiger partial charge on any atom is 0.0558 e. The van der Waals surface area contributed by atoms with Crippen molar-refractivity contribution < 1.29 is 0 Å². The standard InChI is InChI=1S/C12H17ClN2S/c13-11-4-6-16-12(11)8-15-5-3-9-1-2-10(7-15)14-9/h4,6,9-10,14H,1-3,5,7-8H2. The SMILES string of the molecule is Clc1ccsc1CN1CCC2CCC(C1)N2. The molecule has 0 aliphatic carbocycles. The molecule has 3 rings (SSSR count). The Kier molecular flexibility index (Phi) is 3.20. The van der Waals surface area contributed by atoms with Gasteiger partial charge in [0.15, 0.2) is 0 Å². The Labute approximate surface area is 106 Å². The first-order valence-corrected chi connectivity index (χ1v) is 7.27. The van der Waals surface area contributed by atoms with Crippen LogP contribution in [-0.4, -0.2) is 30.1 Å². The highest BCUT2D eigenvalue weighted by Gasteiger charge is 2.29. The second kappa shape index (κ2) is 4.65. The summed E-state index contributed by atoms with van der Waals surface area (Å²) in [5.41, 5.74) is 0. The van der Waals surface area contributed by atoms with Gasteiger partial charge in [-0.3, -0.25) is 4.90 Å². The lowest BCUT2D eigenvalue weighted by Gasteiger charge is -2.23. The Bertz CT molecular complexity index is 366. The Morgan fingerprint density at radius 3 is 3.06 bits per heavy atom. The van der Waals surface area contributed by atoms with Gasteiger partial charge in [0.05, 0.1) is 5.02 Å². The van der Waals surface area contributed by atoms with E-state index in [1.54, 1.807) is 11.3 Å². The molecule has 1 N–H and O–H groups in total. The third-order valence-corrected chi connectivity index (χ3v) is 5.04. The zero-order valence-electron chi connectivity index (χ0n) is 9.29. The van der Waals surface area contributed by atoms with Crippen LogP contribution in [0.4, 0.5) is 0 Å². The smallest absolute Gasteiger partial charge is 0.0558 e. The van der Waals surface area contributed by atoms with E-state index in [0.29, 0.717) is 6.04 Å². The first-order valence-electron chi connectivity index (χ1n) is 6.01. The lowest BCUT2D eigenvalue weighted by molar-refractivity contribution is 0.253. The molecule has 16 heavy (non-hydrogen) atoms. The van der Waals surface area contributed by atoms with E-state index in [1.807, 2.05) is 6.07 Å². The van der Waals surface area contributed by atoms with Gasteiger partial charge in [0.25, 0.3) is 0 Å². The number of likely N-dealkylation sites (tertiary alicyclic amines) is 1. The fourth-order valence-electron chi connectivity index (χ4n) is 2.80. The average molecular weight is 257 g/mol. The van der Waals surface area contributed by atoms with E-state index in [0.717, 1.165) is 17.6 Å². The molecule has 2 aliphatic heterocycles. The van der Waals surface area contributed by atoms with Crippen molar-refractivity contribution in [1.29, 1.82) is 0 Å². The maximum atomic E-state index is 6.15. The van der Waals surface area contributed by atoms with Crippen molar-refractivity contribution in [3.05, 3.63) is 21.3 Å². The van der Waals surface area contributed by atoms with E-state index < -0.39 is 0 Å². The lowest BCUT2D eigenvalue weighted by Crippen LogP contribution is -2.34. The molecule has 2 saturated heterocycles. The molecule has 0 saturated carbocycles.